The number of methoxy groups -OCH3 is 1. The van der Waals surface area contributed by atoms with Crippen molar-refractivity contribution in [2.75, 3.05) is 26.9 Å². The van der Waals surface area contributed by atoms with Gasteiger partial charge in [-0.3, -0.25) is 4.79 Å². The van der Waals surface area contributed by atoms with Gasteiger partial charge in [-0.05, 0) is 0 Å². The largest absolute Gasteiger partial charge is 0.382 e. The number of hydrogen-bond acceptors (Lipinski definition) is 3. The SMILES string of the molecule is COCCOCC(C)C(=O)c1ccccc1. The van der Waals surface area contributed by atoms with E-state index in [2.05, 4.69) is 0 Å². The molecule has 1 rings (SSSR count). The number of hydrogen-bond donors (Lipinski definition) is 0. The normalized spacial score (nSPS) is 12.4. The van der Waals surface area contributed by atoms with E-state index >= 15 is 0 Å². The van der Waals surface area contributed by atoms with E-state index in [1.165, 1.54) is 0 Å². The van der Waals surface area contributed by atoms with E-state index in [0.29, 0.717) is 19.8 Å². The minimum Gasteiger partial charge on any atom is -0.382 e. The Kier molecular flexibility index (Phi) is 5.75. The average Bonchev–Trinajstić information content (AvgIpc) is 2.34. The Morgan fingerprint density at radius 1 is 1.25 bits per heavy atom. The molecule has 1 atom stereocenters. The predicted octanol–water partition coefficient (Wildman–Crippen LogP) is 2.17. The molecule has 0 aliphatic carbocycles. The van der Waals surface area contributed by atoms with Crippen LogP contribution in [-0.4, -0.2) is 32.7 Å². The first-order valence-corrected chi connectivity index (χ1v) is 5.41. The van der Waals surface area contributed by atoms with Crippen molar-refractivity contribution in [2.24, 2.45) is 5.92 Å². The van der Waals surface area contributed by atoms with Gasteiger partial charge in [0.25, 0.3) is 0 Å². The molecule has 3 heteroatoms. The highest BCUT2D eigenvalue weighted by Crippen LogP contribution is 2.08. The van der Waals surface area contributed by atoms with Crippen LogP contribution in [-0.2, 0) is 9.47 Å². The van der Waals surface area contributed by atoms with Gasteiger partial charge < -0.3 is 9.47 Å². The summed E-state index contributed by atoms with van der Waals surface area (Å²) in [6, 6.07) is 9.29. The second-order valence-electron chi connectivity index (χ2n) is 3.70. The Bertz CT molecular complexity index is 308. The summed E-state index contributed by atoms with van der Waals surface area (Å²) in [6.45, 7) is 3.41. The summed E-state index contributed by atoms with van der Waals surface area (Å²) >= 11 is 0. The highest BCUT2D eigenvalue weighted by molar-refractivity contribution is 5.97. The van der Waals surface area contributed by atoms with Gasteiger partial charge >= 0.3 is 0 Å². The van der Waals surface area contributed by atoms with Crippen LogP contribution in [0.25, 0.3) is 0 Å². The Balaban J connectivity index is 2.37. The molecule has 0 heterocycles. The third-order valence-electron chi connectivity index (χ3n) is 2.31. The fraction of sp³-hybridized carbons (Fsp3) is 0.462. The summed E-state index contributed by atoms with van der Waals surface area (Å²) in [6.07, 6.45) is 0. The maximum atomic E-state index is 11.9. The third-order valence-corrected chi connectivity index (χ3v) is 2.31. The minimum atomic E-state index is -0.112. The molecule has 0 spiro atoms. The number of rotatable bonds is 7. The van der Waals surface area contributed by atoms with Crippen molar-refractivity contribution in [1.29, 1.82) is 0 Å². The zero-order valence-corrected chi connectivity index (χ0v) is 9.81. The smallest absolute Gasteiger partial charge is 0.167 e. The van der Waals surface area contributed by atoms with Crippen LogP contribution >= 0.6 is 0 Å². The number of Topliss-reactive ketones (excluding diaryl/α,β-unsaturated/α-hetero) is 1. The molecule has 0 aromatic heterocycles. The predicted molar refractivity (Wildman–Crippen MR) is 62.6 cm³/mol. The molecule has 1 aromatic rings. The van der Waals surface area contributed by atoms with Crippen molar-refractivity contribution in [1.82, 2.24) is 0 Å². The Morgan fingerprint density at radius 2 is 1.94 bits per heavy atom. The molecule has 0 saturated carbocycles. The van der Waals surface area contributed by atoms with Gasteiger partial charge in [0, 0.05) is 18.6 Å². The molecule has 1 unspecified atom stereocenters. The molecule has 0 saturated heterocycles. The standard InChI is InChI=1S/C13H18O3/c1-11(10-16-9-8-15-2)13(14)12-6-4-3-5-7-12/h3-7,11H,8-10H2,1-2H3. The zero-order valence-electron chi connectivity index (χ0n) is 9.81. The summed E-state index contributed by atoms with van der Waals surface area (Å²) in [5, 5.41) is 0. The maximum absolute atomic E-state index is 11.9. The molecule has 88 valence electrons. The summed E-state index contributed by atoms with van der Waals surface area (Å²) < 4.78 is 10.2. The Labute approximate surface area is 96.4 Å². The first-order valence-electron chi connectivity index (χ1n) is 5.41. The van der Waals surface area contributed by atoms with Crippen molar-refractivity contribution >= 4 is 5.78 Å². The molecule has 0 N–H and O–H groups in total. The molecule has 1 aromatic carbocycles. The van der Waals surface area contributed by atoms with Gasteiger partial charge in [0.15, 0.2) is 5.78 Å². The minimum absolute atomic E-state index is 0.112. The molecule has 0 bridgehead atoms. The van der Waals surface area contributed by atoms with Gasteiger partial charge in [0.1, 0.15) is 0 Å². The van der Waals surface area contributed by atoms with E-state index in [1.807, 2.05) is 37.3 Å². The van der Waals surface area contributed by atoms with E-state index in [1.54, 1.807) is 7.11 Å². The first-order chi connectivity index (χ1) is 7.75. The van der Waals surface area contributed by atoms with Crippen LogP contribution < -0.4 is 0 Å². The van der Waals surface area contributed by atoms with Crippen LogP contribution in [0.1, 0.15) is 17.3 Å². The fourth-order valence-electron chi connectivity index (χ4n) is 1.36. The summed E-state index contributed by atoms with van der Waals surface area (Å²) in [5.41, 5.74) is 0.741. The van der Waals surface area contributed by atoms with Crippen molar-refractivity contribution < 1.29 is 14.3 Å². The first kappa shape index (κ1) is 12.9. The third kappa shape index (κ3) is 4.13. The number of carbonyl (C=O) groups is 1. The van der Waals surface area contributed by atoms with Gasteiger partial charge in [0.05, 0.1) is 19.8 Å². The summed E-state index contributed by atoms with van der Waals surface area (Å²) in [4.78, 5) is 11.9. The number of ketones is 1. The highest BCUT2D eigenvalue weighted by Gasteiger charge is 2.14. The van der Waals surface area contributed by atoms with Crippen LogP contribution in [0.4, 0.5) is 0 Å². The zero-order chi connectivity index (χ0) is 11.8. The van der Waals surface area contributed by atoms with Crippen LogP contribution in [0.15, 0.2) is 30.3 Å². The van der Waals surface area contributed by atoms with Crippen molar-refractivity contribution in [2.45, 2.75) is 6.92 Å². The lowest BCUT2D eigenvalue weighted by molar-refractivity contribution is 0.0494. The molecular weight excluding hydrogens is 204 g/mol. The van der Waals surface area contributed by atoms with Crippen molar-refractivity contribution in [3.05, 3.63) is 35.9 Å². The van der Waals surface area contributed by atoms with Gasteiger partial charge in [-0.15, -0.1) is 0 Å². The molecule has 0 radical (unpaired) electrons. The number of ether oxygens (including phenoxy) is 2. The summed E-state index contributed by atoms with van der Waals surface area (Å²) in [5.74, 6) is 0.0114. The van der Waals surface area contributed by atoms with E-state index in [-0.39, 0.29) is 11.7 Å². The van der Waals surface area contributed by atoms with Crippen LogP contribution in [0.5, 0.6) is 0 Å². The quantitative estimate of drug-likeness (QED) is 0.524. The lowest BCUT2D eigenvalue weighted by Crippen LogP contribution is -2.18. The van der Waals surface area contributed by atoms with Crippen LogP contribution in [0, 0.1) is 5.92 Å². The van der Waals surface area contributed by atoms with E-state index in [4.69, 9.17) is 9.47 Å². The van der Waals surface area contributed by atoms with E-state index < -0.39 is 0 Å². The van der Waals surface area contributed by atoms with Gasteiger partial charge in [-0.2, -0.15) is 0 Å². The molecule has 0 fully saturated rings. The molecular formula is C13H18O3. The average molecular weight is 222 g/mol. The Hall–Kier alpha value is -1.19. The lowest BCUT2D eigenvalue weighted by atomic mass is 10.0. The van der Waals surface area contributed by atoms with E-state index in [0.717, 1.165) is 5.56 Å². The van der Waals surface area contributed by atoms with Gasteiger partial charge in [0.2, 0.25) is 0 Å². The lowest BCUT2D eigenvalue weighted by Gasteiger charge is -2.10. The molecule has 3 nitrogen and oxygen atoms in total. The maximum Gasteiger partial charge on any atom is 0.167 e. The van der Waals surface area contributed by atoms with Crippen LogP contribution in [0.2, 0.25) is 0 Å². The number of carbonyl (C=O) groups excluding carboxylic acids is 1. The highest BCUT2D eigenvalue weighted by atomic mass is 16.5. The molecule has 16 heavy (non-hydrogen) atoms. The Morgan fingerprint density at radius 3 is 2.56 bits per heavy atom. The molecule has 0 amide bonds. The van der Waals surface area contributed by atoms with Gasteiger partial charge in [-0.1, -0.05) is 37.3 Å². The molecule has 0 aliphatic rings. The molecule has 0 aliphatic heterocycles. The van der Waals surface area contributed by atoms with Crippen molar-refractivity contribution in [3.8, 4) is 0 Å². The monoisotopic (exact) mass is 222 g/mol. The second kappa shape index (κ2) is 7.14. The second-order valence-corrected chi connectivity index (χ2v) is 3.70. The summed E-state index contributed by atoms with van der Waals surface area (Å²) in [7, 11) is 1.63. The van der Waals surface area contributed by atoms with Gasteiger partial charge in [-0.25, -0.2) is 0 Å². The number of benzene rings is 1. The van der Waals surface area contributed by atoms with Crippen molar-refractivity contribution in [3.63, 3.8) is 0 Å². The fourth-order valence-corrected chi connectivity index (χ4v) is 1.36. The van der Waals surface area contributed by atoms with E-state index in [9.17, 15) is 4.79 Å². The topological polar surface area (TPSA) is 35.5 Å². The van der Waals surface area contributed by atoms with Crippen LogP contribution in [0.3, 0.4) is 0 Å².